The minimum Gasteiger partial charge on any atom is -0.494 e. The lowest BCUT2D eigenvalue weighted by Gasteiger charge is -2.06. The van der Waals surface area contributed by atoms with E-state index in [2.05, 4.69) is 0 Å². The van der Waals surface area contributed by atoms with Gasteiger partial charge in [0, 0.05) is 12.8 Å². The van der Waals surface area contributed by atoms with Gasteiger partial charge in [0.1, 0.15) is 11.6 Å². The highest BCUT2D eigenvalue weighted by molar-refractivity contribution is 6.30. The van der Waals surface area contributed by atoms with Gasteiger partial charge in [-0.1, -0.05) is 29.8 Å². The number of methoxy groups -OCH3 is 1. The fraction of sp³-hybridized carbons (Fsp3) is 0.188. The lowest BCUT2D eigenvalue weighted by molar-refractivity contribution is -0.117. The molecule has 0 aliphatic carbocycles. The third-order valence-electron chi connectivity index (χ3n) is 3.04. The summed E-state index contributed by atoms with van der Waals surface area (Å²) >= 11 is 5.66. The average molecular weight is 311 g/mol. The molecule has 2 rings (SSSR count). The predicted octanol–water partition coefficient (Wildman–Crippen LogP) is 3.98. The first-order valence-electron chi connectivity index (χ1n) is 6.28. The second-order valence-electron chi connectivity index (χ2n) is 4.57. The molecule has 0 fully saturated rings. The van der Waals surface area contributed by atoms with E-state index in [-0.39, 0.29) is 35.0 Å². The highest BCUT2D eigenvalue weighted by Crippen LogP contribution is 2.20. The van der Waals surface area contributed by atoms with Crippen molar-refractivity contribution in [1.82, 2.24) is 0 Å². The molecule has 2 aromatic rings. The van der Waals surface area contributed by atoms with E-state index in [1.165, 1.54) is 31.4 Å². The van der Waals surface area contributed by atoms with Crippen LogP contribution < -0.4 is 4.74 Å². The first-order valence-corrected chi connectivity index (χ1v) is 6.66. The van der Waals surface area contributed by atoms with E-state index in [1.807, 2.05) is 0 Å². The maximum atomic E-state index is 13.7. The smallest absolute Gasteiger partial charge is 0.165 e. The van der Waals surface area contributed by atoms with E-state index >= 15 is 0 Å². The number of rotatable bonds is 5. The fourth-order valence-electron chi connectivity index (χ4n) is 2.01. The van der Waals surface area contributed by atoms with Gasteiger partial charge in [-0.25, -0.2) is 8.78 Å². The van der Waals surface area contributed by atoms with Crippen LogP contribution >= 0.6 is 11.6 Å². The van der Waals surface area contributed by atoms with Crippen LogP contribution in [0.3, 0.4) is 0 Å². The van der Waals surface area contributed by atoms with Crippen LogP contribution in [0, 0.1) is 11.6 Å². The highest BCUT2D eigenvalue weighted by atomic mass is 35.5. The van der Waals surface area contributed by atoms with Crippen LogP contribution in [-0.4, -0.2) is 12.9 Å². The third kappa shape index (κ3) is 3.79. The number of halogens is 3. The Bertz CT molecular complexity index is 671. The fourth-order valence-corrected chi connectivity index (χ4v) is 2.20. The first-order chi connectivity index (χ1) is 10.0. The van der Waals surface area contributed by atoms with Crippen LogP contribution in [0.4, 0.5) is 8.78 Å². The van der Waals surface area contributed by atoms with Gasteiger partial charge in [-0.3, -0.25) is 4.79 Å². The van der Waals surface area contributed by atoms with Crippen molar-refractivity contribution in [3.8, 4) is 5.75 Å². The Hall–Kier alpha value is -1.94. The van der Waals surface area contributed by atoms with Crippen LogP contribution in [0.1, 0.15) is 11.1 Å². The van der Waals surface area contributed by atoms with Gasteiger partial charge in [-0.05, 0) is 29.3 Å². The number of carbonyl (C=O) groups excluding carboxylic acids is 1. The molecule has 0 spiro atoms. The molecule has 0 N–H and O–H groups in total. The van der Waals surface area contributed by atoms with Gasteiger partial charge >= 0.3 is 0 Å². The average Bonchev–Trinajstić information content (AvgIpc) is 2.44. The molecule has 0 heterocycles. The zero-order valence-corrected chi connectivity index (χ0v) is 12.1. The van der Waals surface area contributed by atoms with Crippen LogP contribution in [0.25, 0.3) is 0 Å². The van der Waals surface area contributed by atoms with Gasteiger partial charge in [0.15, 0.2) is 11.6 Å². The van der Waals surface area contributed by atoms with E-state index in [4.69, 9.17) is 16.3 Å². The Kier molecular flexibility index (Phi) is 4.91. The van der Waals surface area contributed by atoms with Crippen LogP contribution in [0.5, 0.6) is 5.75 Å². The number of ketones is 1. The Balaban J connectivity index is 2.08. The van der Waals surface area contributed by atoms with Gasteiger partial charge in [0.2, 0.25) is 0 Å². The van der Waals surface area contributed by atoms with Gasteiger partial charge in [-0.2, -0.15) is 0 Å². The summed E-state index contributed by atoms with van der Waals surface area (Å²) in [6.07, 6.45) is -0.0626. The van der Waals surface area contributed by atoms with Crippen molar-refractivity contribution in [3.63, 3.8) is 0 Å². The topological polar surface area (TPSA) is 26.3 Å². The first kappa shape index (κ1) is 15.4. The van der Waals surface area contributed by atoms with Gasteiger partial charge in [-0.15, -0.1) is 0 Å². The molecule has 110 valence electrons. The summed E-state index contributed by atoms with van der Waals surface area (Å²) in [6.45, 7) is 0. The van der Waals surface area contributed by atoms with Crippen molar-refractivity contribution < 1.29 is 18.3 Å². The normalized spacial score (nSPS) is 10.5. The van der Waals surface area contributed by atoms with E-state index < -0.39 is 11.6 Å². The molecule has 0 unspecified atom stereocenters. The molecule has 0 amide bonds. The molecule has 21 heavy (non-hydrogen) atoms. The third-order valence-corrected chi connectivity index (χ3v) is 3.33. The SMILES string of the molecule is COc1ccc(CC(=O)Cc2cccc(Cl)c2F)cc1F. The number of hydrogen-bond donors (Lipinski definition) is 0. The predicted molar refractivity (Wildman–Crippen MR) is 76.8 cm³/mol. The monoisotopic (exact) mass is 310 g/mol. The molecule has 0 radical (unpaired) electrons. The minimum atomic E-state index is -0.589. The Morgan fingerprint density at radius 3 is 2.62 bits per heavy atom. The van der Waals surface area contributed by atoms with E-state index in [0.717, 1.165) is 0 Å². The van der Waals surface area contributed by atoms with Gasteiger partial charge in [0.05, 0.1) is 12.1 Å². The van der Waals surface area contributed by atoms with Crippen LogP contribution in [0.2, 0.25) is 5.02 Å². The van der Waals surface area contributed by atoms with E-state index in [1.54, 1.807) is 12.1 Å². The maximum absolute atomic E-state index is 13.7. The molecular formula is C16H13ClF2O2. The standard InChI is InChI=1S/C16H13ClF2O2/c1-21-15-6-5-10(8-14(15)18)7-12(20)9-11-3-2-4-13(17)16(11)19/h2-6,8H,7,9H2,1H3. The largest absolute Gasteiger partial charge is 0.494 e. The van der Waals surface area contributed by atoms with Crippen molar-refractivity contribution >= 4 is 17.4 Å². The number of carbonyl (C=O) groups is 1. The number of ether oxygens (including phenoxy) is 1. The van der Waals surface area contributed by atoms with Gasteiger partial charge < -0.3 is 4.74 Å². The molecule has 2 nitrogen and oxygen atoms in total. The number of Topliss-reactive ketones (excluding diaryl/α,β-unsaturated/α-hetero) is 1. The zero-order chi connectivity index (χ0) is 15.4. The minimum absolute atomic E-state index is 0.0178. The summed E-state index contributed by atoms with van der Waals surface area (Å²) in [5.41, 5.74) is 0.752. The van der Waals surface area contributed by atoms with Crippen molar-refractivity contribution in [3.05, 3.63) is 64.2 Å². The maximum Gasteiger partial charge on any atom is 0.165 e. The number of hydrogen-bond acceptors (Lipinski definition) is 2. The summed E-state index contributed by atoms with van der Waals surface area (Å²) in [5.74, 6) is -1.22. The molecule has 0 aliphatic heterocycles. The Morgan fingerprint density at radius 2 is 1.95 bits per heavy atom. The van der Waals surface area contributed by atoms with Crippen molar-refractivity contribution in [1.29, 1.82) is 0 Å². The molecule has 0 atom stereocenters. The molecule has 0 bridgehead atoms. The summed E-state index contributed by atoms with van der Waals surface area (Å²) in [5, 5.41) is -0.0178. The van der Waals surface area contributed by atoms with Crippen molar-refractivity contribution in [2.45, 2.75) is 12.8 Å². The van der Waals surface area contributed by atoms with Crippen LogP contribution in [0.15, 0.2) is 36.4 Å². The van der Waals surface area contributed by atoms with E-state index in [9.17, 15) is 13.6 Å². The lowest BCUT2D eigenvalue weighted by Crippen LogP contribution is -2.08. The molecular weight excluding hydrogens is 298 g/mol. The lowest BCUT2D eigenvalue weighted by atomic mass is 10.0. The Morgan fingerprint density at radius 1 is 1.19 bits per heavy atom. The molecule has 2 aromatic carbocycles. The summed E-state index contributed by atoms with van der Waals surface area (Å²) in [7, 11) is 1.37. The van der Waals surface area contributed by atoms with Crippen molar-refractivity contribution in [2.24, 2.45) is 0 Å². The second kappa shape index (κ2) is 6.68. The molecule has 0 aromatic heterocycles. The molecule has 0 aliphatic rings. The highest BCUT2D eigenvalue weighted by Gasteiger charge is 2.12. The van der Waals surface area contributed by atoms with E-state index in [0.29, 0.717) is 5.56 Å². The van der Waals surface area contributed by atoms with Crippen LogP contribution in [-0.2, 0) is 17.6 Å². The van der Waals surface area contributed by atoms with Gasteiger partial charge in [0.25, 0.3) is 0 Å². The quantitative estimate of drug-likeness (QED) is 0.835. The summed E-state index contributed by atoms with van der Waals surface area (Å²) in [6, 6.07) is 8.82. The van der Waals surface area contributed by atoms with Crippen molar-refractivity contribution in [2.75, 3.05) is 7.11 Å². The Labute approximate surface area is 126 Å². The second-order valence-corrected chi connectivity index (χ2v) is 4.98. The summed E-state index contributed by atoms with van der Waals surface area (Å²) in [4.78, 5) is 11.9. The number of benzene rings is 2. The molecule has 0 saturated heterocycles. The molecule has 5 heteroatoms. The zero-order valence-electron chi connectivity index (χ0n) is 11.3. The summed E-state index contributed by atoms with van der Waals surface area (Å²) < 4.78 is 32.0. The molecule has 0 saturated carbocycles.